The first kappa shape index (κ1) is 18.1. The first-order valence-corrected chi connectivity index (χ1v) is 10.2. The monoisotopic (exact) mass is 375 g/mol. The maximum Gasteiger partial charge on any atom is 0.228 e. The predicted molar refractivity (Wildman–Crippen MR) is 102 cm³/mol. The van der Waals surface area contributed by atoms with E-state index in [1.54, 1.807) is 4.90 Å². The molecule has 1 amide bonds. The Bertz CT molecular complexity index is 799. The van der Waals surface area contributed by atoms with E-state index in [1.807, 2.05) is 39.0 Å². The van der Waals surface area contributed by atoms with Gasteiger partial charge >= 0.3 is 0 Å². The molecule has 0 spiro atoms. The van der Waals surface area contributed by atoms with Crippen LogP contribution in [0.1, 0.15) is 47.7 Å². The minimum atomic E-state index is 0.0773. The number of hydrogen-bond acceptors (Lipinski definition) is 6. The molecule has 25 heavy (non-hydrogen) atoms. The molecule has 0 saturated heterocycles. The summed E-state index contributed by atoms with van der Waals surface area (Å²) in [7, 11) is 0. The maximum atomic E-state index is 12.4. The van der Waals surface area contributed by atoms with Gasteiger partial charge < -0.3 is 0 Å². The van der Waals surface area contributed by atoms with E-state index < -0.39 is 0 Å². The SMILES string of the molecule is CCC(=O)N(c1nnc(SCC(=O)c2ccc(C)c(C)c2)s1)C1CC1. The molecule has 2 aromatic rings. The van der Waals surface area contributed by atoms with E-state index in [4.69, 9.17) is 0 Å². The highest BCUT2D eigenvalue weighted by atomic mass is 32.2. The largest absolute Gasteiger partial charge is 0.293 e. The second kappa shape index (κ2) is 7.66. The van der Waals surface area contributed by atoms with Gasteiger partial charge in [0.1, 0.15) is 0 Å². The number of hydrogen-bond donors (Lipinski definition) is 0. The van der Waals surface area contributed by atoms with Crippen LogP contribution in [-0.4, -0.2) is 33.7 Å². The molecule has 0 N–H and O–H groups in total. The molecule has 1 aromatic carbocycles. The Hall–Kier alpha value is -1.73. The highest BCUT2D eigenvalue weighted by Gasteiger charge is 2.35. The molecule has 1 aliphatic carbocycles. The minimum Gasteiger partial charge on any atom is -0.293 e. The quantitative estimate of drug-likeness (QED) is 0.415. The molecule has 132 valence electrons. The van der Waals surface area contributed by atoms with Gasteiger partial charge in [0.05, 0.1) is 5.75 Å². The Balaban J connectivity index is 1.64. The summed E-state index contributed by atoms with van der Waals surface area (Å²) in [6, 6.07) is 6.04. The smallest absolute Gasteiger partial charge is 0.228 e. The summed E-state index contributed by atoms with van der Waals surface area (Å²) in [5.74, 6) is 0.484. The number of carbonyl (C=O) groups is 2. The number of aryl methyl sites for hydroxylation is 2. The number of aromatic nitrogens is 2. The molecule has 0 unspecified atom stereocenters. The van der Waals surface area contributed by atoms with Gasteiger partial charge in [0, 0.05) is 18.0 Å². The van der Waals surface area contributed by atoms with Crippen LogP contribution in [0, 0.1) is 13.8 Å². The number of Topliss-reactive ketones (excluding diaryl/α,β-unsaturated/α-hetero) is 1. The van der Waals surface area contributed by atoms with E-state index in [0.29, 0.717) is 17.3 Å². The van der Waals surface area contributed by atoms with Gasteiger partial charge in [-0.3, -0.25) is 14.5 Å². The zero-order chi connectivity index (χ0) is 18.0. The van der Waals surface area contributed by atoms with Gasteiger partial charge in [-0.15, -0.1) is 10.2 Å². The highest BCUT2D eigenvalue weighted by molar-refractivity contribution is 8.01. The zero-order valence-corrected chi connectivity index (χ0v) is 16.2. The standard InChI is InChI=1S/C18H21N3O2S2/c1-4-16(23)21(14-7-8-14)17-19-20-18(25-17)24-10-15(22)13-6-5-11(2)12(3)9-13/h5-6,9,14H,4,7-8,10H2,1-3H3. The molecule has 5 nitrogen and oxygen atoms in total. The second-order valence-electron chi connectivity index (χ2n) is 6.21. The van der Waals surface area contributed by atoms with Gasteiger partial charge in [0.2, 0.25) is 11.0 Å². The summed E-state index contributed by atoms with van der Waals surface area (Å²) in [4.78, 5) is 26.3. The van der Waals surface area contributed by atoms with Crippen LogP contribution in [0.3, 0.4) is 0 Å². The fraction of sp³-hybridized carbons (Fsp3) is 0.444. The van der Waals surface area contributed by atoms with Crippen LogP contribution >= 0.6 is 23.1 Å². The first-order valence-electron chi connectivity index (χ1n) is 8.38. The number of anilines is 1. The van der Waals surface area contributed by atoms with Crippen molar-refractivity contribution >= 4 is 39.9 Å². The molecule has 0 bridgehead atoms. The van der Waals surface area contributed by atoms with Crippen molar-refractivity contribution < 1.29 is 9.59 Å². The van der Waals surface area contributed by atoms with Crippen molar-refractivity contribution in [3.8, 4) is 0 Å². The zero-order valence-electron chi connectivity index (χ0n) is 14.6. The van der Waals surface area contributed by atoms with Crippen molar-refractivity contribution in [1.29, 1.82) is 0 Å². The topological polar surface area (TPSA) is 63.2 Å². The molecule has 7 heteroatoms. The predicted octanol–water partition coefficient (Wildman–Crippen LogP) is 4.04. The summed E-state index contributed by atoms with van der Waals surface area (Å²) in [6.45, 7) is 5.90. The van der Waals surface area contributed by atoms with Crippen LogP contribution in [0.4, 0.5) is 5.13 Å². The molecule has 1 heterocycles. The first-order chi connectivity index (χ1) is 12.0. The molecule has 0 aliphatic heterocycles. The molecule has 3 rings (SSSR count). The normalized spacial score (nSPS) is 13.7. The van der Waals surface area contributed by atoms with Crippen molar-refractivity contribution in [2.24, 2.45) is 0 Å². The van der Waals surface area contributed by atoms with Crippen LogP contribution in [0.2, 0.25) is 0 Å². The van der Waals surface area contributed by atoms with Crippen molar-refractivity contribution in [2.45, 2.75) is 50.4 Å². The summed E-state index contributed by atoms with van der Waals surface area (Å²) >= 11 is 2.77. The molecule has 1 aromatic heterocycles. The summed E-state index contributed by atoms with van der Waals surface area (Å²) < 4.78 is 0.724. The van der Waals surface area contributed by atoms with E-state index >= 15 is 0 Å². The number of amides is 1. The van der Waals surface area contributed by atoms with Gasteiger partial charge in [0.25, 0.3) is 0 Å². The molecule has 0 radical (unpaired) electrons. The molecular weight excluding hydrogens is 354 g/mol. The van der Waals surface area contributed by atoms with Crippen LogP contribution in [0.15, 0.2) is 22.5 Å². The molecular formula is C18H21N3O2S2. The number of ketones is 1. The van der Waals surface area contributed by atoms with Gasteiger partial charge in [-0.2, -0.15) is 0 Å². The summed E-state index contributed by atoms with van der Waals surface area (Å²) in [5, 5.41) is 8.96. The van der Waals surface area contributed by atoms with E-state index in [1.165, 1.54) is 28.7 Å². The van der Waals surface area contributed by atoms with Crippen molar-refractivity contribution in [2.75, 3.05) is 10.7 Å². The fourth-order valence-electron chi connectivity index (χ4n) is 2.45. The average Bonchev–Trinajstić information content (AvgIpc) is 3.33. The average molecular weight is 376 g/mol. The summed E-state index contributed by atoms with van der Waals surface area (Å²) in [6.07, 6.45) is 2.52. The number of carbonyl (C=O) groups excluding carboxylic acids is 2. The Morgan fingerprint density at radius 3 is 2.64 bits per heavy atom. The Morgan fingerprint density at radius 2 is 2.00 bits per heavy atom. The lowest BCUT2D eigenvalue weighted by atomic mass is 10.0. The van der Waals surface area contributed by atoms with E-state index in [0.717, 1.165) is 28.3 Å². The van der Waals surface area contributed by atoms with E-state index in [9.17, 15) is 9.59 Å². The van der Waals surface area contributed by atoms with E-state index in [-0.39, 0.29) is 17.7 Å². The number of rotatable bonds is 7. The third kappa shape index (κ3) is 4.27. The maximum absolute atomic E-state index is 12.4. The fourth-order valence-corrected chi connectivity index (χ4v) is 4.28. The van der Waals surface area contributed by atoms with E-state index in [2.05, 4.69) is 10.2 Å². The van der Waals surface area contributed by atoms with Gasteiger partial charge in [0.15, 0.2) is 10.1 Å². The van der Waals surface area contributed by atoms with Crippen molar-refractivity contribution in [1.82, 2.24) is 10.2 Å². The van der Waals surface area contributed by atoms with Crippen LogP contribution in [0.5, 0.6) is 0 Å². The Morgan fingerprint density at radius 1 is 1.24 bits per heavy atom. The van der Waals surface area contributed by atoms with Gasteiger partial charge in [-0.25, -0.2) is 0 Å². The van der Waals surface area contributed by atoms with Gasteiger partial charge in [-0.05, 0) is 43.9 Å². The third-order valence-corrected chi connectivity index (χ3v) is 6.30. The lowest BCUT2D eigenvalue weighted by Crippen LogP contribution is -2.32. The number of nitrogens with zero attached hydrogens (tertiary/aromatic N) is 3. The molecule has 1 fully saturated rings. The lowest BCUT2D eigenvalue weighted by molar-refractivity contribution is -0.118. The molecule has 1 saturated carbocycles. The highest BCUT2D eigenvalue weighted by Crippen LogP contribution is 2.36. The number of thioether (sulfide) groups is 1. The summed E-state index contributed by atoms with van der Waals surface area (Å²) in [5.41, 5.74) is 3.02. The second-order valence-corrected chi connectivity index (χ2v) is 8.39. The van der Waals surface area contributed by atoms with Gasteiger partial charge in [-0.1, -0.05) is 42.2 Å². The molecule has 1 aliphatic rings. The lowest BCUT2D eigenvalue weighted by Gasteiger charge is -2.17. The number of benzene rings is 1. The third-order valence-electron chi connectivity index (χ3n) is 4.24. The Labute approximate surface area is 155 Å². The van der Waals surface area contributed by atoms with Crippen LogP contribution in [0.25, 0.3) is 0 Å². The van der Waals surface area contributed by atoms with Crippen molar-refractivity contribution in [3.05, 3.63) is 34.9 Å². The Kier molecular flexibility index (Phi) is 5.54. The van der Waals surface area contributed by atoms with Crippen LogP contribution in [-0.2, 0) is 4.79 Å². The molecule has 0 atom stereocenters. The minimum absolute atomic E-state index is 0.0773. The van der Waals surface area contributed by atoms with Crippen molar-refractivity contribution in [3.63, 3.8) is 0 Å². The van der Waals surface area contributed by atoms with Crippen LogP contribution < -0.4 is 4.90 Å².